The third-order valence-corrected chi connectivity index (χ3v) is 4.25. The van der Waals surface area contributed by atoms with Crippen LogP contribution in [0.4, 0.5) is 0 Å². The maximum absolute atomic E-state index is 12.0. The average Bonchev–Trinajstić information content (AvgIpc) is 2.85. The summed E-state index contributed by atoms with van der Waals surface area (Å²) in [5.74, 6) is 0. The molecule has 1 heterocycles. The second kappa shape index (κ2) is 8.35. The Hall–Kier alpha value is -0.960. The van der Waals surface area contributed by atoms with Crippen molar-refractivity contribution in [1.82, 2.24) is 19.4 Å². The SMILES string of the molecule is CN(C)CCCCNS(=O)(=O)c1cnn(CCCN)c1. The Labute approximate surface area is 121 Å². The predicted octanol–water partition coefficient (Wildman–Crippen LogP) is -0.148. The number of aromatic nitrogens is 2. The first-order valence-corrected chi connectivity index (χ1v) is 8.31. The first-order valence-electron chi connectivity index (χ1n) is 6.82. The number of aryl methyl sites for hydroxylation is 1. The van der Waals surface area contributed by atoms with Gasteiger partial charge in [0.05, 0.1) is 6.20 Å². The van der Waals surface area contributed by atoms with Crippen LogP contribution >= 0.6 is 0 Å². The minimum absolute atomic E-state index is 0.210. The molecule has 0 saturated carbocycles. The third kappa shape index (κ3) is 6.00. The van der Waals surface area contributed by atoms with E-state index in [2.05, 4.69) is 14.7 Å². The van der Waals surface area contributed by atoms with Gasteiger partial charge >= 0.3 is 0 Å². The number of nitrogens with two attached hydrogens (primary N) is 1. The lowest BCUT2D eigenvalue weighted by molar-refractivity contribution is 0.394. The molecule has 0 bridgehead atoms. The summed E-state index contributed by atoms with van der Waals surface area (Å²) in [6, 6.07) is 0. The van der Waals surface area contributed by atoms with E-state index in [1.54, 1.807) is 4.68 Å². The fraction of sp³-hybridized carbons (Fsp3) is 0.750. The van der Waals surface area contributed by atoms with Crippen LogP contribution < -0.4 is 10.5 Å². The van der Waals surface area contributed by atoms with Crippen molar-refractivity contribution in [2.24, 2.45) is 5.73 Å². The number of hydrogen-bond donors (Lipinski definition) is 2. The number of nitrogens with one attached hydrogen (secondary N) is 1. The van der Waals surface area contributed by atoms with Gasteiger partial charge in [-0.15, -0.1) is 0 Å². The van der Waals surface area contributed by atoms with Gasteiger partial charge in [0.25, 0.3) is 0 Å². The van der Waals surface area contributed by atoms with Crippen LogP contribution in [0.2, 0.25) is 0 Å². The average molecular weight is 303 g/mol. The van der Waals surface area contributed by atoms with Crippen molar-refractivity contribution in [1.29, 1.82) is 0 Å². The summed E-state index contributed by atoms with van der Waals surface area (Å²) < 4.78 is 28.2. The number of nitrogens with zero attached hydrogens (tertiary/aromatic N) is 3. The molecule has 116 valence electrons. The van der Waals surface area contributed by atoms with Crippen molar-refractivity contribution in [3.63, 3.8) is 0 Å². The van der Waals surface area contributed by atoms with E-state index in [0.717, 1.165) is 25.8 Å². The Balaban J connectivity index is 2.41. The van der Waals surface area contributed by atoms with E-state index in [0.29, 0.717) is 19.6 Å². The fourth-order valence-corrected chi connectivity index (χ4v) is 2.73. The summed E-state index contributed by atoms with van der Waals surface area (Å²) in [5, 5.41) is 4.02. The summed E-state index contributed by atoms with van der Waals surface area (Å²) in [6.45, 7) is 2.60. The van der Waals surface area contributed by atoms with Gasteiger partial charge in [0, 0.05) is 19.3 Å². The van der Waals surface area contributed by atoms with Crippen molar-refractivity contribution in [2.45, 2.75) is 30.7 Å². The van der Waals surface area contributed by atoms with Crippen molar-refractivity contribution in [3.05, 3.63) is 12.4 Å². The van der Waals surface area contributed by atoms with Crippen LogP contribution in [0.1, 0.15) is 19.3 Å². The van der Waals surface area contributed by atoms with E-state index in [1.165, 1.54) is 12.4 Å². The summed E-state index contributed by atoms with van der Waals surface area (Å²) in [7, 11) is 0.556. The molecule has 0 atom stereocenters. The van der Waals surface area contributed by atoms with Crippen LogP contribution in [-0.4, -0.2) is 56.8 Å². The molecule has 0 aliphatic heterocycles. The lowest BCUT2D eigenvalue weighted by atomic mass is 10.3. The zero-order valence-electron chi connectivity index (χ0n) is 12.2. The summed E-state index contributed by atoms with van der Waals surface area (Å²) >= 11 is 0. The zero-order chi connectivity index (χ0) is 15.0. The van der Waals surface area contributed by atoms with Gasteiger partial charge in [0.1, 0.15) is 4.90 Å². The van der Waals surface area contributed by atoms with Gasteiger partial charge in [0.2, 0.25) is 10.0 Å². The van der Waals surface area contributed by atoms with Crippen LogP contribution in [0.15, 0.2) is 17.3 Å². The molecule has 0 amide bonds. The molecule has 0 unspecified atom stereocenters. The van der Waals surface area contributed by atoms with Crippen molar-refractivity contribution >= 4 is 10.0 Å². The summed E-state index contributed by atoms with van der Waals surface area (Å²) in [5.41, 5.74) is 5.41. The zero-order valence-corrected chi connectivity index (χ0v) is 13.1. The van der Waals surface area contributed by atoms with E-state index >= 15 is 0 Å². The molecule has 0 spiro atoms. The standard InChI is InChI=1S/C12H25N5O2S/c1-16(2)8-4-3-7-15-20(18,19)12-10-14-17(11-12)9-5-6-13/h10-11,15H,3-9,13H2,1-2H3. The maximum atomic E-state index is 12.0. The minimum Gasteiger partial charge on any atom is -0.330 e. The molecule has 0 aliphatic rings. The highest BCUT2D eigenvalue weighted by Crippen LogP contribution is 2.07. The maximum Gasteiger partial charge on any atom is 0.243 e. The fourth-order valence-electron chi connectivity index (χ4n) is 1.70. The molecule has 1 aromatic rings. The van der Waals surface area contributed by atoms with Crippen molar-refractivity contribution in [3.8, 4) is 0 Å². The largest absolute Gasteiger partial charge is 0.330 e. The van der Waals surface area contributed by atoms with E-state index in [1.807, 2.05) is 14.1 Å². The quantitative estimate of drug-likeness (QED) is 0.586. The number of rotatable bonds is 10. The highest BCUT2D eigenvalue weighted by molar-refractivity contribution is 7.89. The summed E-state index contributed by atoms with van der Waals surface area (Å²) in [4.78, 5) is 2.29. The Morgan fingerprint density at radius 2 is 2.10 bits per heavy atom. The van der Waals surface area contributed by atoms with Crippen LogP contribution in [0.5, 0.6) is 0 Å². The van der Waals surface area contributed by atoms with E-state index < -0.39 is 10.0 Å². The van der Waals surface area contributed by atoms with Gasteiger partial charge in [-0.1, -0.05) is 0 Å². The first-order chi connectivity index (χ1) is 9.45. The van der Waals surface area contributed by atoms with Crippen molar-refractivity contribution < 1.29 is 8.42 Å². The molecule has 0 aromatic carbocycles. The Kier molecular flexibility index (Phi) is 7.14. The van der Waals surface area contributed by atoms with Gasteiger partial charge in [0.15, 0.2) is 0 Å². The van der Waals surface area contributed by atoms with Crippen LogP contribution in [0.25, 0.3) is 0 Å². The molecule has 20 heavy (non-hydrogen) atoms. The number of hydrogen-bond acceptors (Lipinski definition) is 5. The van der Waals surface area contributed by atoms with E-state index in [4.69, 9.17) is 5.73 Å². The molecule has 8 heteroatoms. The Morgan fingerprint density at radius 1 is 1.35 bits per heavy atom. The second-order valence-electron chi connectivity index (χ2n) is 4.99. The monoisotopic (exact) mass is 303 g/mol. The highest BCUT2D eigenvalue weighted by Gasteiger charge is 2.15. The van der Waals surface area contributed by atoms with Gasteiger partial charge in [-0.2, -0.15) is 5.10 Å². The highest BCUT2D eigenvalue weighted by atomic mass is 32.2. The van der Waals surface area contributed by atoms with Crippen molar-refractivity contribution in [2.75, 3.05) is 33.7 Å². The van der Waals surface area contributed by atoms with Crippen LogP contribution in [-0.2, 0) is 16.6 Å². The Morgan fingerprint density at radius 3 is 2.75 bits per heavy atom. The molecular weight excluding hydrogens is 278 g/mol. The molecule has 0 aliphatic carbocycles. The van der Waals surface area contributed by atoms with Crippen LogP contribution in [0.3, 0.4) is 0 Å². The molecule has 1 rings (SSSR count). The van der Waals surface area contributed by atoms with Gasteiger partial charge < -0.3 is 10.6 Å². The lowest BCUT2D eigenvalue weighted by Crippen LogP contribution is -2.25. The summed E-state index contributed by atoms with van der Waals surface area (Å²) in [6.07, 6.45) is 5.47. The van der Waals surface area contributed by atoms with Gasteiger partial charge in [-0.05, 0) is 46.4 Å². The smallest absolute Gasteiger partial charge is 0.243 e. The van der Waals surface area contributed by atoms with E-state index in [-0.39, 0.29) is 4.90 Å². The van der Waals surface area contributed by atoms with E-state index in [9.17, 15) is 8.42 Å². The number of sulfonamides is 1. The lowest BCUT2D eigenvalue weighted by Gasteiger charge is -2.09. The molecule has 3 N–H and O–H groups in total. The van der Waals surface area contributed by atoms with Crippen LogP contribution in [0, 0.1) is 0 Å². The molecule has 0 fully saturated rings. The minimum atomic E-state index is -3.44. The molecule has 1 aromatic heterocycles. The molecule has 0 radical (unpaired) electrons. The number of unbranched alkanes of at least 4 members (excludes halogenated alkanes) is 1. The molecular formula is C12H25N5O2S. The predicted molar refractivity (Wildman–Crippen MR) is 78.9 cm³/mol. The molecule has 7 nitrogen and oxygen atoms in total. The van der Waals surface area contributed by atoms with Gasteiger partial charge in [-0.3, -0.25) is 4.68 Å². The molecule has 0 saturated heterocycles. The normalized spacial score (nSPS) is 12.2. The third-order valence-electron chi connectivity index (χ3n) is 2.84. The van der Waals surface area contributed by atoms with Gasteiger partial charge in [-0.25, -0.2) is 13.1 Å². The second-order valence-corrected chi connectivity index (χ2v) is 6.76. The topological polar surface area (TPSA) is 93.2 Å². The Bertz CT molecular complexity index is 484. The first kappa shape index (κ1) is 17.1.